The van der Waals surface area contributed by atoms with Gasteiger partial charge < -0.3 is 10.5 Å². The zero-order valence-corrected chi connectivity index (χ0v) is 10.6. The smallest absolute Gasteiger partial charge is 0.215 e. The van der Waals surface area contributed by atoms with E-state index in [2.05, 4.69) is 10.1 Å². The summed E-state index contributed by atoms with van der Waals surface area (Å²) in [6, 6.07) is 3.43. The van der Waals surface area contributed by atoms with Crippen molar-refractivity contribution >= 4 is 17.3 Å². The van der Waals surface area contributed by atoms with Crippen LogP contribution >= 0.6 is 11.6 Å². The second-order valence-electron chi connectivity index (χ2n) is 3.66. The lowest BCUT2D eigenvalue weighted by Crippen LogP contribution is -2.07. The van der Waals surface area contributed by atoms with Gasteiger partial charge in [0.25, 0.3) is 0 Å². The first-order valence-corrected chi connectivity index (χ1v) is 5.45. The molecule has 90 valence electrons. The van der Waals surface area contributed by atoms with E-state index in [1.54, 1.807) is 23.9 Å². The number of halogens is 1. The Morgan fingerprint density at radius 2 is 2.06 bits per heavy atom. The Morgan fingerprint density at radius 1 is 1.35 bits per heavy atom. The largest absolute Gasteiger partial charge is 0.481 e. The minimum Gasteiger partial charge on any atom is -0.481 e. The Kier molecular flexibility index (Phi) is 2.93. The van der Waals surface area contributed by atoms with Crippen LogP contribution in [0.3, 0.4) is 0 Å². The summed E-state index contributed by atoms with van der Waals surface area (Å²) in [7, 11) is 1.55. The fraction of sp³-hybridized carbons (Fsp3) is 0.273. The summed E-state index contributed by atoms with van der Waals surface area (Å²) < 4.78 is 6.69. The monoisotopic (exact) mass is 252 g/mol. The molecule has 0 aliphatic rings. The molecule has 0 aromatic carbocycles. The van der Waals surface area contributed by atoms with Gasteiger partial charge in [-0.1, -0.05) is 11.6 Å². The van der Waals surface area contributed by atoms with Crippen LogP contribution < -0.4 is 10.5 Å². The number of rotatable bonds is 2. The summed E-state index contributed by atoms with van der Waals surface area (Å²) in [5, 5.41) is 4.92. The average molecular weight is 253 g/mol. The first-order valence-electron chi connectivity index (χ1n) is 5.07. The van der Waals surface area contributed by atoms with E-state index in [1.165, 1.54) is 0 Å². The van der Waals surface area contributed by atoms with E-state index < -0.39 is 0 Å². The normalized spacial score (nSPS) is 10.6. The molecule has 2 N–H and O–H groups in total. The number of pyridine rings is 1. The fourth-order valence-corrected chi connectivity index (χ4v) is 1.67. The molecule has 6 heteroatoms. The molecular formula is C11H13ClN4O. The first-order chi connectivity index (χ1) is 8.04. The lowest BCUT2D eigenvalue weighted by molar-refractivity contribution is 0.397. The number of nitrogens with two attached hydrogens (primary N) is 1. The van der Waals surface area contributed by atoms with Gasteiger partial charge in [0, 0.05) is 6.07 Å². The minimum absolute atomic E-state index is 0.484. The molecule has 0 radical (unpaired) electrons. The highest BCUT2D eigenvalue weighted by Crippen LogP contribution is 2.25. The van der Waals surface area contributed by atoms with Crippen molar-refractivity contribution in [1.29, 1.82) is 0 Å². The number of anilines is 1. The Balaban J connectivity index is 2.63. The zero-order chi connectivity index (χ0) is 12.6. The fourth-order valence-electron chi connectivity index (χ4n) is 1.56. The Labute approximate surface area is 104 Å². The zero-order valence-electron chi connectivity index (χ0n) is 9.86. The van der Waals surface area contributed by atoms with Crippen LogP contribution in [0, 0.1) is 13.8 Å². The van der Waals surface area contributed by atoms with Gasteiger partial charge in [0.05, 0.1) is 29.2 Å². The number of aromatic nitrogens is 3. The van der Waals surface area contributed by atoms with Gasteiger partial charge in [-0.2, -0.15) is 10.1 Å². The first kappa shape index (κ1) is 11.7. The standard InChI is InChI=1S/C11H13ClN4O/c1-6-10(12)7(2)16(15-6)11-8(13)4-5-9(14-11)17-3/h4-5H,13H2,1-3H3. The van der Waals surface area contributed by atoms with E-state index in [0.717, 1.165) is 11.4 Å². The molecule has 2 aromatic heterocycles. The topological polar surface area (TPSA) is 66.0 Å². The molecule has 2 heterocycles. The van der Waals surface area contributed by atoms with Crippen molar-refractivity contribution in [3.63, 3.8) is 0 Å². The van der Waals surface area contributed by atoms with Crippen molar-refractivity contribution < 1.29 is 4.74 Å². The summed E-state index contributed by atoms with van der Waals surface area (Å²) >= 11 is 6.09. The minimum atomic E-state index is 0.484. The molecule has 0 bridgehead atoms. The highest BCUT2D eigenvalue weighted by Gasteiger charge is 2.14. The molecule has 0 atom stereocenters. The van der Waals surface area contributed by atoms with Gasteiger partial charge in [0.2, 0.25) is 5.88 Å². The van der Waals surface area contributed by atoms with Gasteiger partial charge in [-0.15, -0.1) is 0 Å². The molecule has 0 aliphatic heterocycles. The summed E-state index contributed by atoms with van der Waals surface area (Å²) in [6.45, 7) is 3.70. The van der Waals surface area contributed by atoms with Crippen LogP contribution in [0.4, 0.5) is 5.69 Å². The number of aryl methyl sites for hydroxylation is 1. The van der Waals surface area contributed by atoms with E-state index in [4.69, 9.17) is 22.1 Å². The molecule has 0 aliphatic carbocycles. The average Bonchev–Trinajstić information content (AvgIpc) is 2.58. The Hall–Kier alpha value is -1.75. The van der Waals surface area contributed by atoms with E-state index in [9.17, 15) is 0 Å². The van der Waals surface area contributed by atoms with Crippen molar-refractivity contribution in [3.05, 3.63) is 28.5 Å². The van der Waals surface area contributed by atoms with Crippen molar-refractivity contribution in [2.75, 3.05) is 12.8 Å². The second kappa shape index (κ2) is 4.25. The second-order valence-corrected chi connectivity index (χ2v) is 4.04. The quantitative estimate of drug-likeness (QED) is 0.889. The summed E-state index contributed by atoms with van der Waals surface area (Å²) in [5.74, 6) is 1.01. The summed E-state index contributed by atoms with van der Waals surface area (Å²) in [4.78, 5) is 4.27. The summed E-state index contributed by atoms with van der Waals surface area (Å²) in [5.41, 5.74) is 7.95. The molecule has 17 heavy (non-hydrogen) atoms. The highest BCUT2D eigenvalue weighted by atomic mass is 35.5. The lowest BCUT2D eigenvalue weighted by atomic mass is 10.3. The van der Waals surface area contributed by atoms with Gasteiger partial charge in [0.1, 0.15) is 0 Å². The number of hydrogen-bond acceptors (Lipinski definition) is 4. The maximum absolute atomic E-state index is 6.09. The van der Waals surface area contributed by atoms with Crippen LogP contribution in [0.15, 0.2) is 12.1 Å². The van der Waals surface area contributed by atoms with Gasteiger partial charge >= 0.3 is 0 Å². The number of methoxy groups -OCH3 is 1. The molecule has 0 fully saturated rings. The van der Waals surface area contributed by atoms with Crippen LogP contribution in [-0.4, -0.2) is 21.9 Å². The molecule has 0 amide bonds. The molecule has 0 unspecified atom stereocenters. The van der Waals surface area contributed by atoms with Crippen molar-refractivity contribution in [2.45, 2.75) is 13.8 Å². The maximum atomic E-state index is 6.09. The molecule has 0 spiro atoms. The van der Waals surface area contributed by atoms with Crippen LogP contribution in [0.1, 0.15) is 11.4 Å². The predicted octanol–water partition coefficient (Wildman–Crippen LogP) is 2.13. The SMILES string of the molecule is COc1ccc(N)c(-n2nc(C)c(Cl)c2C)n1. The number of ether oxygens (including phenoxy) is 1. The third-order valence-electron chi connectivity index (χ3n) is 2.49. The molecule has 0 saturated heterocycles. The third-order valence-corrected chi connectivity index (χ3v) is 3.04. The van der Waals surface area contributed by atoms with E-state index in [1.807, 2.05) is 13.8 Å². The van der Waals surface area contributed by atoms with Crippen LogP contribution in [-0.2, 0) is 0 Å². The number of nitrogens with zero attached hydrogens (tertiary/aromatic N) is 3. The Bertz CT molecular complexity index is 565. The van der Waals surface area contributed by atoms with Crippen LogP contribution in [0.5, 0.6) is 5.88 Å². The van der Waals surface area contributed by atoms with Gasteiger partial charge in [0.15, 0.2) is 5.82 Å². The third kappa shape index (κ3) is 1.93. The van der Waals surface area contributed by atoms with Crippen LogP contribution in [0.25, 0.3) is 5.82 Å². The van der Waals surface area contributed by atoms with Gasteiger partial charge in [-0.25, -0.2) is 4.68 Å². The molecule has 2 rings (SSSR count). The van der Waals surface area contributed by atoms with Crippen molar-refractivity contribution in [3.8, 4) is 11.7 Å². The van der Waals surface area contributed by atoms with Crippen molar-refractivity contribution in [2.24, 2.45) is 0 Å². The van der Waals surface area contributed by atoms with E-state index in [0.29, 0.717) is 22.4 Å². The van der Waals surface area contributed by atoms with Gasteiger partial charge in [-0.05, 0) is 19.9 Å². The van der Waals surface area contributed by atoms with Gasteiger partial charge in [-0.3, -0.25) is 0 Å². The maximum Gasteiger partial charge on any atom is 0.215 e. The number of nitrogen functional groups attached to an aromatic ring is 1. The molecule has 2 aromatic rings. The van der Waals surface area contributed by atoms with E-state index >= 15 is 0 Å². The van der Waals surface area contributed by atoms with Crippen LogP contribution in [0.2, 0.25) is 5.02 Å². The van der Waals surface area contributed by atoms with E-state index in [-0.39, 0.29) is 0 Å². The summed E-state index contributed by atoms with van der Waals surface area (Å²) in [6.07, 6.45) is 0. The number of hydrogen-bond donors (Lipinski definition) is 1. The Morgan fingerprint density at radius 3 is 2.59 bits per heavy atom. The van der Waals surface area contributed by atoms with Crippen molar-refractivity contribution in [1.82, 2.24) is 14.8 Å². The highest BCUT2D eigenvalue weighted by molar-refractivity contribution is 6.31. The molecule has 5 nitrogen and oxygen atoms in total. The lowest BCUT2D eigenvalue weighted by Gasteiger charge is -2.08. The molecule has 0 saturated carbocycles. The molecular weight excluding hydrogens is 240 g/mol. The predicted molar refractivity (Wildman–Crippen MR) is 66.8 cm³/mol.